The van der Waals surface area contributed by atoms with Crippen LogP contribution in [0.25, 0.3) is 0 Å². The van der Waals surface area contributed by atoms with Crippen LogP contribution in [-0.4, -0.2) is 75.6 Å². The van der Waals surface area contributed by atoms with Gasteiger partial charge in [-0.15, -0.1) is 13.0 Å². The first-order valence-electron chi connectivity index (χ1n) is 16.4. The topological polar surface area (TPSA) is 172 Å². The van der Waals surface area contributed by atoms with Crippen LogP contribution in [0, 0.1) is 12.3 Å². The van der Waals surface area contributed by atoms with Crippen LogP contribution in [0.3, 0.4) is 0 Å². The Hall–Kier alpha value is -6.24. The zero-order valence-electron chi connectivity index (χ0n) is 29.3. The van der Waals surface area contributed by atoms with Gasteiger partial charge in [-0.25, -0.2) is 19.5 Å². The minimum Gasteiger partial charge on any atom is -0.481 e. The summed E-state index contributed by atoms with van der Waals surface area (Å²) < 4.78 is 41.6. The number of anilines is 2. The number of amides is 4. The molecule has 0 aliphatic carbocycles. The molecule has 276 valence electrons. The van der Waals surface area contributed by atoms with Crippen LogP contribution in [0.4, 0.5) is 16.2 Å². The van der Waals surface area contributed by atoms with Gasteiger partial charge in [-0.3, -0.25) is 14.5 Å². The normalized spacial score (nSPS) is 11.9. The fourth-order valence-electron chi connectivity index (χ4n) is 5.26. The van der Waals surface area contributed by atoms with E-state index < -0.39 is 40.1 Å². The van der Waals surface area contributed by atoms with E-state index in [1.165, 1.54) is 42.5 Å². The molecule has 0 aliphatic rings. The summed E-state index contributed by atoms with van der Waals surface area (Å²) in [4.78, 5) is 52.6. The maximum absolute atomic E-state index is 14.1. The molecule has 4 rings (SSSR count). The molecule has 2 atom stereocenters. The van der Waals surface area contributed by atoms with E-state index in [1.54, 1.807) is 84.9 Å². The van der Waals surface area contributed by atoms with Crippen LogP contribution < -0.4 is 34.0 Å². The Balaban J connectivity index is 1.60. The van der Waals surface area contributed by atoms with Crippen molar-refractivity contribution in [1.82, 2.24) is 24.7 Å². The summed E-state index contributed by atoms with van der Waals surface area (Å²) in [6, 6.07) is 20.1. The highest BCUT2D eigenvalue weighted by molar-refractivity contribution is 7.88. The van der Waals surface area contributed by atoms with Gasteiger partial charge in [0.2, 0.25) is 23.6 Å². The molecule has 14 nitrogen and oxygen atoms in total. The zero-order valence-corrected chi connectivity index (χ0v) is 30.2. The highest BCUT2D eigenvalue weighted by Crippen LogP contribution is 2.20. The Morgan fingerprint density at radius 1 is 0.811 bits per heavy atom. The molecule has 0 bridgehead atoms. The highest BCUT2D eigenvalue weighted by atomic mass is 32.2. The maximum Gasteiger partial charge on any atom is 0.330 e. The van der Waals surface area contributed by atoms with Crippen LogP contribution in [0.2, 0.25) is 0 Å². The molecule has 0 fully saturated rings. The number of hydrogen-bond donors (Lipinski definition) is 3. The second-order valence-corrected chi connectivity index (χ2v) is 12.9. The minimum atomic E-state index is -4.73. The summed E-state index contributed by atoms with van der Waals surface area (Å²) in [5, 5.41) is 2.53. The molecule has 4 amide bonds. The fourth-order valence-corrected chi connectivity index (χ4v) is 6.18. The Morgan fingerprint density at radius 2 is 1.32 bits per heavy atom. The maximum atomic E-state index is 14.1. The van der Waals surface area contributed by atoms with Crippen molar-refractivity contribution in [3.63, 3.8) is 0 Å². The van der Waals surface area contributed by atoms with E-state index >= 15 is 0 Å². The minimum absolute atomic E-state index is 0.0286. The number of terminal acetylenes is 1. The molecular formula is C38H41N7O7S. The van der Waals surface area contributed by atoms with Crippen molar-refractivity contribution in [2.45, 2.75) is 31.3 Å². The van der Waals surface area contributed by atoms with Gasteiger partial charge in [0.25, 0.3) is 0 Å². The lowest BCUT2D eigenvalue weighted by Gasteiger charge is -2.28. The van der Waals surface area contributed by atoms with Crippen LogP contribution in [0.5, 0.6) is 11.8 Å². The molecule has 4 aromatic rings. The Kier molecular flexibility index (Phi) is 14.5. The van der Waals surface area contributed by atoms with Crippen LogP contribution in [0.15, 0.2) is 110 Å². The second-order valence-electron chi connectivity index (χ2n) is 11.5. The van der Waals surface area contributed by atoms with Gasteiger partial charge in [-0.2, -0.15) is 13.1 Å². The summed E-state index contributed by atoms with van der Waals surface area (Å²) in [7, 11) is -1.82. The third-order valence-corrected chi connectivity index (χ3v) is 8.86. The summed E-state index contributed by atoms with van der Waals surface area (Å²) in [6.45, 7) is 3.75. The van der Waals surface area contributed by atoms with E-state index in [4.69, 9.17) is 15.9 Å². The standard InChI is InChI=1S/C38H41N7O7S/c1-5-7-23-45(31-19-21-35(52-4)40-27-31)36(46)32(24-28-14-10-8-11-15-28)41-38(48)43-53(49,50)42-33(25-29-16-12-9-13-17-29)37(47)44(22-6-2)30-18-20-34(51-3)39-26-30/h2,5,8-21,26-27,32-33,42H,1,7,22-25H2,3-4H3,(H2,41,43,48)/t32-,33-/m0/s1. The molecule has 53 heavy (non-hydrogen) atoms. The molecular weight excluding hydrogens is 699 g/mol. The average molecular weight is 740 g/mol. The van der Waals surface area contributed by atoms with Gasteiger partial charge in [-0.1, -0.05) is 72.7 Å². The van der Waals surface area contributed by atoms with Crippen molar-refractivity contribution in [2.75, 3.05) is 37.1 Å². The lowest BCUT2D eigenvalue weighted by atomic mass is 10.0. The quantitative estimate of drug-likeness (QED) is 0.102. The van der Waals surface area contributed by atoms with Crippen molar-refractivity contribution in [3.8, 4) is 24.1 Å². The van der Waals surface area contributed by atoms with Crippen LogP contribution >= 0.6 is 0 Å². The first kappa shape index (κ1) is 39.5. The molecule has 0 aliphatic heterocycles. The highest BCUT2D eigenvalue weighted by Gasteiger charge is 2.32. The third-order valence-electron chi connectivity index (χ3n) is 7.81. The Bertz CT molecular complexity index is 1970. The van der Waals surface area contributed by atoms with E-state index in [0.717, 1.165) is 0 Å². The van der Waals surface area contributed by atoms with E-state index in [9.17, 15) is 22.8 Å². The van der Waals surface area contributed by atoms with Crippen molar-refractivity contribution in [1.29, 1.82) is 0 Å². The number of ether oxygens (including phenoxy) is 2. The van der Waals surface area contributed by atoms with E-state index in [2.05, 4.69) is 32.5 Å². The van der Waals surface area contributed by atoms with Crippen molar-refractivity contribution >= 4 is 39.4 Å². The van der Waals surface area contributed by atoms with Gasteiger partial charge in [0.1, 0.15) is 12.1 Å². The van der Waals surface area contributed by atoms with E-state index in [0.29, 0.717) is 40.7 Å². The monoisotopic (exact) mass is 739 g/mol. The fraction of sp³-hybridized carbons (Fsp3) is 0.237. The van der Waals surface area contributed by atoms with Crippen LogP contribution in [-0.2, 0) is 32.6 Å². The number of benzene rings is 2. The van der Waals surface area contributed by atoms with E-state index in [1.807, 2.05) is 4.72 Å². The van der Waals surface area contributed by atoms with Gasteiger partial charge in [0, 0.05) is 25.1 Å². The molecule has 3 N–H and O–H groups in total. The molecule has 0 spiro atoms. The number of carbonyl (C=O) groups is 3. The average Bonchev–Trinajstić information content (AvgIpc) is 3.17. The Morgan fingerprint density at radius 3 is 1.79 bits per heavy atom. The summed E-state index contributed by atoms with van der Waals surface area (Å²) in [6.07, 6.45) is 10.4. The number of methoxy groups -OCH3 is 2. The Labute approximate surface area is 309 Å². The number of pyridine rings is 2. The molecule has 0 unspecified atom stereocenters. The lowest BCUT2D eigenvalue weighted by Crippen LogP contribution is -2.57. The third kappa shape index (κ3) is 11.6. The van der Waals surface area contributed by atoms with Gasteiger partial charge in [-0.05, 0) is 36.1 Å². The molecule has 2 heterocycles. The number of hydrogen-bond acceptors (Lipinski definition) is 9. The number of carbonyl (C=O) groups excluding carboxylic acids is 3. The number of nitrogens with zero attached hydrogens (tertiary/aromatic N) is 4. The van der Waals surface area contributed by atoms with Gasteiger partial charge in [0.05, 0.1) is 44.5 Å². The first-order chi connectivity index (χ1) is 25.6. The van der Waals surface area contributed by atoms with Crippen molar-refractivity contribution in [3.05, 3.63) is 121 Å². The summed E-state index contributed by atoms with van der Waals surface area (Å²) >= 11 is 0. The first-order valence-corrected chi connectivity index (χ1v) is 17.9. The smallest absolute Gasteiger partial charge is 0.330 e. The predicted octanol–water partition coefficient (Wildman–Crippen LogP) is 3.43. The number of urea groups is 1. The summed E-state index contributed by atoms with van der Waals surface area (Å²) in [5.74, 6) is 1.83. The molecule has 2 aromatic heterocycles. The lowest BCUT2D eigenvalue weighted by molar-refractivity contribution is -0.120. The summed E-state index contributed by atoms with van der Waals surface area (Å²) in [5.41, 5.74) is 2.07. The largest absolute Gasteiger partial charge is 0.481 e. The van der Waals surface area contributed by atoms with Crippen LogP contribution in [0.1, 0.15) is 17.5 Å². The van der Waals surface area contributed by atoms with Gasteiger partial charge >= 0.3 is 16.2 Å². The second kappa shape index (κ2) is 19.4. The van der Waals surface area contributed by atoms with Crippen molar-refractivity contribution in [2.24, 2.45) is 0 Å². The SMILES string of the molecule is C#CCN(C(=O)[C@H](Cc1ccccc1)NS(=O)(=O)NC(=O)N[C@@H](Cc1ccccc1)C(=O)N(CCC=C)c1ccc(OC)nc1)c1ccc(OC)nc1. The zero-order chi connectivity index (χ0) is 38.2. The van der Waals surface area contributed by atoms with Crippen molar-refractivity contribution < 1.29 is 32.3 Å². The van der Waals surface area contributed by atoms with Gasteiger partial charge < -0.3 is 19.7 Å². The molecule has 0 saturated heterocycles. The molecule has 0 saturated carbocycles. The number of nitrogens with one attached hydrogen (secondary N) is 3. The molecule has 0 radical (unpaired) electrons. The number of aromatic nitrogens is 2. The molecule has 15 heteroatoms. The molecule has 2 aromatic carbocycles. The number of rotatable bonds is 18. The van der Waals surface area contributed by atoms with E-state index in [-0.39, 0.29) is 25.9 Å². The van der Waals surface area contributed by atoms with Gasteiger partial charge in [0.15, 0.2) is 0 Å². The predicted molar refractivity (Wildman–Crippen MR) is 202 cm³/mol.